The number of nitrogens with zero attached hydrogens (tertiary/aromatic N) is 1. The molecule has 0 aliphatic heterocycles. The van der Waals surface area contributed by atoms with Gasteiger partial charge >= 0.3 is 0 Å². The van der Waals surface area contributed by atoms with Gasteiger partial charge in [-0.05, 0) is 39.3 Å². The van der Waals surface area contributed by atoms with E-state index in [0.29, 0.717) is 6.42 Å². The lowest BCUT2D eigenvalue weighted by atomic mass is 10.2. The van der Waals surface area contributed by atoms with Gasteiger partial charge in [-0.1, -0.05) is 12.8 Å². The molecule has 4 nitrogen and oxygen atoms in total. The Labute approximate surface area is 92.2 Å². The quantitative estimate of drug-likeness (QED) is 0.300. The molecular weight excluding hydrogens is 190 g/mol. The Hall–Kier alpha value is -0.610. The van der Waals surface area contributed by atoms with Crippen molar-refractivity contribution >= 4 is 5.91 Å². The number of hydrogen-bond donors (Lipinski definition) is 2. The molecule has 88 valence electrons. The lowest BCUT2D eigenvalue weighted by Gasteiger charge is -2.23. The van der Waals surface area contributed by atoms with Gasteiger partial charge in [0.15, 0.2) is 0 Å². The molecule has 0 aromatic rings. The first-order valence-electron chi connectivity index (χ1n) is 5.93. The highest BCUT2D eigenvalue weighted by atomic mass is 16.2. The molecule has 0 aromatic heterocycles. The van der Waals surface area contributed by atoms with Gasteiger partial charge in [-0.3, -0.25) is 10.2 Å². The summed E-state index contributed by atoms with van der Waals surface area (Å²) in [6, 6.07) is 0.785. The van der Waals surface area contributed by atoms with E-state index in [9.17, 15) is 4.79 Å². The maximum absolute atomic E-state index is 10.9. The van der Waals surface area contributed by atoms with Crippen molar-refractivity contribution in [2.45, 2.75) is 51.0 Å². The second-order valence-electron chi connectivity index (χ2n) is 4.44. The summed E-state index contributed by atoms with van der Waals surface area (Å²) in [5, 5.41) is 0. The van der Waals surface area contributed by atoms with Crippen molar-refractivity contribution in [2.24, 2.45) is 5.84 Å². The first kappa shape index (κ1) is 12.5. The topological polar surface area (TPSA) is 58.4 Å². The minimum absolute atomic E-state index is 0.0569. The van der Waals surface area contributed by atoms with E-state index in [1.165, 1.54) is 25.7 Å². The lowest BCUT2D eigenvalue weighted by Crippen LogP contribution is -2.31. The fourth-order valence-corrected chi connectivity index (χ4v) is 2.25. The van der Waals surface area contributed by atoms with E-state index in [1.807, 2.05) is 0 Å². The summed E-state index contributed by atoms with van der Waals surface area (Å²) in [5.41, 5.74) is 2.16. The maximum Gasteiger partial charge on any atom is 0.233 e. The zero-order chi connectivity index (χ0) is 11.1. The van der Waals surface area contributed by atoms with Gasteiger partial charge in [0.25, 0.3) is 0 Å². The summed E-state index contributed by atoms with van der Waals surface area (Å²) in [7, 11) is 2.19. The molecule has 1 rings (SSSR count). The molecule has 15 heavy (non-hydrogen) atoms. The molecule has 0 spiro atoms. The summed E-state index contributed by atoms with van der Waals surface area (Å²) in [4.78, 5) is 13.3. The number of rotatable bonds is 6. The molecule has 3 N–H and O–H groups in total. The van der Waals surface area contributed by atoms with E-state index in [-0.39, 0.29) is 5.91 Å². The van der Waals surface area contributed by atoms with Crippen LogP contribution >= 0.6 is 0 Å². The summed E-state index contributed by atoms with van der Waals surface area (Å²) >= 11 is 0. The molecular formula is C11H23N3O. The van der Waals surface area contributed by atoms with Crippen LogP contribution in [0.2, 0.25) is 0 Å². The molecule has 1 aliphatic rings. The van der Waals surface area contributed by atoms with E-state index < -0.39 is 0 Å². The van der Waals surface area contributed by atoms with Gasteiger partial charge < -0.3 is 4.90 Å². The van der Waals surface area contributed by atoms with Gasteiger partial charge in [-0.15, -0.1) is 0 Å². The van der Waals surface area contributed by atoms with Crippen LogP contribution in [0.1, 0.15) is 44.9 Å². The summed E-state index contributed by atoms with van der Waals surface area (Å²) in [5.74, 6) is 4.95. The van der Waals surface area contributed by atoms with E-state index >= 15 is 0 Å². The number of nitrogens with two attached hydrogens (primary N) is 1. The van der Waals surface area contributed by atoms with Crippen molar-refractivity contribution in [1.82, 2.24) is 10.3 Å². The lowest BCUT2D eigenvalue weighted by molar-refractivity contribution is -0.121. The molecule has 1 saturated carbocycles. The molecule has 0 atom stereocenters. The van der Waals surface area contributed by atoms with E-state index in [1.54, 1.807) is 0 Å². The van der Waals surface area contributed by atoms with Crippen LogP contribution in [0.4, 0.5) is 0 Å². The van der Waals surface area contributed by atoms with Crippen molar-refractivity contribution in [1.29, 1.82) is 0 Å². The highest BCUT2D eigenvalue weighted by Gasteiger charge is 2.18. The smallest absolute Gasteiger partial charge is 0.233 e. The molecule has 0 radical (unpaired) electrons. The second-order valence-corrected chi connectivity index (χ2v) is 4.44. The molecule has 0 heterocycles. The summed E-state index contributed by atoms with van der Waals surface area (Å²) in [6.45, 7) is 1.10. The average Bonchev–Trinajstić information content (AvgIpc) is 2.77. The van der Waals surface area contributed by atoms with Gasteiger partial charge in [0.05, 0.1) is 0 Å². The average molecular weight is 213 g/mol. The van der Waals surface area contributed by atoms with Crippen LogP contribution in [0.25, 0.3) is 0 Å². The monoisotopic (exact) mass is 213 g/mol. The molecule has 1 aliphatic carbocycles. The van der Waals surface area contributed by atoms with Crippen LogP contribution in [0.3, 0.4) is 0 Å². The zero-order valence-electron chi connectivity index (χ0n) is 9.67. The Morgan fingerprint density at radius 2 is 2.07 bits per heavy atom. The Morgan fingerprint density at radius 1 is 1.40 bits per heavy atom. The number of unbranched alkanes of at least 4 members (excludes halogenated alkanes) is 1. The largest absolute Gasteiger partial charge is 0.303 e. The fourth-order valence-electron chi connectivity index (χ4n) is 2.25. The Kier molecular flexibility index (Phi) is 5.65. The highest BCUT2D eigenvalue weighted by Crippen LogP contribution is 2.22. The minimum Gasteiger partial charge on any atom is -0.303 e. The van der Waals surface area contributed by atoms with E-state index in [4.69, 9.17) is 5.84 Å². The Balaban J connectivity index is 2.01. The van der Waals surface area contributed by atoms with Crippen molar-refractivity contribution in [2.75, 3.05) is 13.6 Å². The van der Waals surface area contributed by atoms with Gasteiger partial charge in [-0.2, -0.15) is 0 Å². The van der Waals surface area contributed by atoms with Gasteiger partial charge in [0.1, 0.15) is 0 Å². The predicted molar refractivity (Wildman–Crippen MR) is 61.1 cm³/mol. The Bertz CT molecular complexity index is 190. The molecule has 0 saturated heterocycles. The van der Waals surface area contributed by atoms with Crippen molar-refractivity contribution < 1.29 is 4.79 Å². The van der Waals surface area contributed by atoms with Crippen LogP contribution < -0.4 is 11.3 Å². The van der Waals surface area contributed by atoms with Crippen LogP contribution in [0, 0.1) is 0 Å². The summed E-state index contributed by atoms with van der Waals surface area (Å²) in [6.07, 6.45) is 8.02. The SMILES string of the molecule is CN(CCCCC(=O)NN)C1CCCC1. The number of hydrogen-bond acceptors (Lipinski definition) is 3. The third-order valence-corrected chi connectivity index (χ3v) is 3.27. The second kappa shape index (κ2) is 6.80. The van der Waals surface area contributed by atoms with Crippen molar-refractivity contribution in [3.8, 4) is 0 Å². The fraction of sp³-hybridized carbons (Fsp3) is 0.909. The third-order valence-electron chi connectivity index (χ3n) is 3.27. The van der Waals surface area contributed by atoms with Crippen LogP contribution in [-0.4, -0.2) is 30.4 Å². The third kappa shape index (κ3) is 4.62. The number of carbonyl (C=O) groups is 1. The molecule has 0 unspecified atom stereocenters. The number of carbonyl (C=O) groups excluding carboxylic acids is 1. The van der Waals surface area contributed by atoms with Gasteiger partial charge in [0, 0.05) is 12.5 Å². The first-order chi connectivity index (χ1) is 7.24. The molecule has 0 aromatic carbocycles. The van der Waals surface area contributed by atoms with Gasteiger partial charge in [-0.25, -0.2) is 5.84 Å². The number of nitrogens with one attached hydrogen (secondary N) is 1. The standard InChI is InChI=1S/C11H23N3O/c1-14(10-6-2-3-7-10)9-5-4-8-11(15)13-12/h10H,2-9,12H2,1H3,(H,13,15). The molecule has 1 amide bonds. The van der Waals surface area contributed by atoms with Crippen molar-refractivity contribution in [3.05, 3.63) is 0 Å². The molecule has 1 fully saturated rings. The zero-order valence-corrected chi connectivity index (χ0v) is 9.67. The normalized spacial score (nSPS) is 17.3. The molecule has 0 bridgehead atoms. The van der Waals surface area contributed by atoms with Crippen LogP contribution in [0.15, 0.2) is 0 Å². The van der Waals surface area contributed by atoms with Gasteiger partial charge in [0.2, 0.25) is 5.91 Å². The minimum atomic E-state index is -0.0569. The first-order valence-corrected chi connectivity index (χ1v) is 5.93. The van der Waals surface area contributed by atoms with E-state index in [0.717, 1.165) is 25.4 Å². The van der Waals surface area contributed by atoms with Crippen molar-refractivity contribution in [3.63, 3.8) is 0 Å². The summed E-state index contributed by atoms with van der Waals surface area (Å²) < 4.78 is 0. The predicted octanol–water partition coefficient (Wildman–Crippen LogP) is 1.02. The van der Waals surface area contributed by atoms with Crippen LogP contribution in [0.5, 0.6) is 0 Å². The maximum atomic E-state index is 10.9. The van der Waals surface area contributed by atoms with E-state index in [2.05, 4.69) is 17.4 Å². The number of hydrazine groups is 1. The number of amides is 1. The molecule has 4 heteroatoms. The van der Waals surface area contributed by atoms with Crippen LogP contribution in [-0.2, 0) is 4.79 Å². The highest BCUT2D eigenvalue weighted by molar-refractivity contribution is 5.75. The Morgan fingerprint density at radius 3 is 2.67 bits per heavy atom.